The largest absolute Gasteiger partial charge is 0.493 e. The van der Waals surface area contributed by atoms with Crippen molar-refractivity contribution in [3.8, 4) is 11.5 Å². The van der Waals surface area contributed by atoms with Crippen molar-refractivity contribution in [3.05, 3.63) is 23.8 Å². The van der Waals surface area contributed by atoms with E-state index in [1.165, 1.54) is 0 Å². The van der Waals surface area contributed by atoms with Gasteiger partial charge in [0.25, 0.3) is 0 Å². The maximum atomic E-state index is 13.3. The van der Waals surface area contributed by atoms with E-state index in [9.17, 15) is 19.8 Å². The fourth-order valence-corrected chi connectivity index (χ4v) is 5.75. The normalized spacial score (nSPS) is 20.3. The molecular formula is C32H54N2O7. The summed E-state index contributed by atoms with van der Waals surface area (Å²) in [5, 5.41) is 23.7. The Balaban J connectivity index is 2.04. The monoisotopic (exact) mass is 578 g/mol. The molecule has 0 heterocycles. The number of ether oxygens (including phenoxy) is 3. The van der Waals surface area contributed by atoms with Crippen LogP contribution in [0, 0.1) is 29.6 Å². The molecule has 1 aliphatic carbocycles. The fourth-order valence-electron chi connectivity index (χ4n) is 5.75. The van der Waals surface area contributed by atoms with Crippen molar-refractivity contribution in [2.75, 3.05) is 27.4 Å². The molecule has 0 aromatic heterocycles. The first-order chi connectivity index (χ1) is 19.5. The number of nitrogens with two attached hydrogens (primary N) is 1. The highest BCUT2D eigenvalue weighted by Gasteiger charge is 2.35. The van der Waals surface area contributed by atoms with Gasteiger partial charge in [0.2, 0.25) is 5.91 Å². The predicted octanol–water partition coefficient (Wildman–Crippen LogP) is 4.43. The quantitative estimate of drug-likeness (QED) is 0.188. The standard InChI is InChI=1S/C32H54N2O7/c1-20(2)23(16-22-12-13-29(40-6)30(17-22)41-15-9-14-39-5)18-26(33)28(35)19-25(21(3)4)31(36)34-27-11-8-7-10-24(27)32(37)38/h12-13,17,20-21,23-28,35H,7-11,14-16,18-19,33H2,1-6H3,(H,34,36)(H,37,38)/t23-,24?,25-,26-,27?,28-/m0/s1. The van der Waals surface area contributed by atoms with E-state index in [1.54, 1.807) is 14.2 Å². The highest BCUT2D eigenvalue weighted by molar-refractivity contribution is 5.80. The van der Waals surface area contributed by atoms with E-state index in [-0.39, 0.29) is 30.2 Å². The van der Waals surface area contributed by atoms with E-state index in [2.05, 4.69) is 19.2 Å². The summed E-state index contributed by atoms with van der Waals surface area (Å²) < 4.78 is 16.5. The molecule has 234 valence electrons. The summed E-state index contributed by atoms with van der Waals surface area (Å²) in [7, 11) is 3.29. The number of methoxy groups -OCH3 is 2. The van der Waals surface area contributed by atoms with Crippen LogP contribution in [0.3, 0.4) is 0 Å². The number of benzene rings is 1. The average molecular weight is 579 g/mol. The Bertz CT molecular complexity index is 939. The van der Waals surface area contributed by atoms with Crippen molar-refractivity contribution in [3.63, 3.8) is 0 Å². The zero-order valence-corrected chi connectivity index (χ0v) is 25.9. The highest BCUT2D eigenvalue weighted by Crippen LogP contribution is 2.32. The summed E-state index contributed by atoms with van der Waals surface area (Å²) in [5.41, 5.74) is 7.66. The fraction of sp³-hybridized carbons (Fsp3) is 0.750. The first-order valence-corrected chi connectivity index (χ1v) is 15.2. The van der Waals surface area contributed by atoms with Gasteiger partial charge in [-0.15, -0.1) is 0 Å². The minimum absolute atomic E-state index is 0.0220. The van der Waals surface area contributed by atoms with E-state index < -0.39 is 30.0 Å². The Morgan fingerprint density at radius 3 is 2.34 bits per heavy atom. The lowest BCUT2D eigenvalue weighted by Gasteiger charge is -2.33. The van der Waals surface area contributed by atoms with Gasteiger partial charge in [0, 0.05) is 38.1 Å². The molecular weight excluding hydrogens is 524 g/mol. The molecule has 2 unspecified atom stereocenters. The number of rotatable bonds is 18. The van der Waals surface area contributed by atoms with Crippen LogP contribution >= 0.6 is 0 Å². The van der Waals surface area contributed by atoms with Gasteiger partial charge in [0.15, 0.2) is 11.5 Å². The van der Waals surface area contributed by atoms with Crippen molar-refractivity contribution in [1.29, 1.82) is 0 Å². The first kappa shape index (κ1) is 34.8. The molecule has 1 aromatic rings. The Labute approximate surface area is 246 Å². The minimum Gasteiger partial charge on any atom is -0.493 e. The summed E-state index contributed by atoms with van der Waals surface area (Å²) in [6, 6.07) is 5.09. The number of aliphatic carboxylic acids is 1. The molecule has 9 heteroatoms. The molecule has 6 atom stereocenters. The second-order valence-electron chi connectivity index (χ2n) is 12.3. The number of carboxylic acid groups (broad SMARTS) is 1. The number of aliphatic hydroxyl groups excluding tert-OH is 1. The van der Waals surface area contributed by atoms with Gasteiger partial charge < -0.3 is 35.5 Å². The smallest absolute Gasteiger partial charge is 0.308 e. The molecule has 1 aliphatic rings. The lowest BCUT2D eigenvalue weighted by Crippen LogP contribution is -2.49. The third-order valence-electron chi connectivity index (χ3n) is 8.54. The molecule has 0 spiro atoms. The Hall–Kier alpha value is -2.36. The van der Waals surface area contributed by atoms with Gasteiger partial charge >= 0.3 is 5.97 Å². The van der Waals surface area contributed by atoms with Crippen LogP contribution in [0.15, 0.2) is 18.2 Å². The van der Waals surface area contributed by atoms with Crippen molar-refractivity contribution in [1.82, 2.24) is 5.32 Å². The van der Waals surface area contributed by atoms with Crippen LogP contribution in [-0.2, 0) is 20.7 Å². The zero-order valence-electron chi connectivity index (χ0n) is 25.9. The van der Waals surface area contributed by atoms with Crippen LogP contribution in [-0.4, -0.2) is 67.7 Å². The van der Waals surface area contributed by atoms with Gasteiger partial charge in [-0.2, -0.15) is 0 Å². The van der Waals surface area contributed by atoms with Crippen molar-refractivity contribution >= 4 is 11.9 Å². The molecule has 1 saturated carbocycles. The van der Waals surface area contributed by atoms with E-state index in [0.717, 1.165) is 31.2 Å². The van der Waals surface area contributed by atoms with Crippen LogP contribution in [0.4, 0.5) is 0 Å². The van der Waals surface area contributed by atoms with Crippen LogP contribution in [0.2, 0.25) is 0 Å². The maximum absolute atomic E-state index is 13.3. The summed E-state index contributed by atoms with van der Waals surface area (Å²) in [6.45, 7) is 9.37. The number of carbonyl (C=O) groups excluding carboxylic acids is 1. The number of nitrogens with one attached hydrogen (secondary N) is 1. The molecule has 2 rings (SSSR count). The molecule has 41 heavy (non-hydrogen) atoms. The van der Waals surface area contributed by atoms with Gasteiger partial charge in [-0.05, 0) is 67.6 Å². The molecule has 0 bridgehead atoms. The SMILES string of the molecule is COCCCOc1cc(C[C@@H](C[C@H](N)[C@@H](O)C[C@H](C(=O)NC2CCCCC2C(=O)O)C(C)C)C(C)C)ccc1OC. The summed E-state index contributed by atoms with van der Waals surface area (Å²) >= 11 is 0. The molecule has 9 nitrogen and oxygen atoms in total. The minimum atomic E-state index is -0.862. The van der Waals surface area contributed by atoms with Crippen LogP contribution in [0.25, 0.3) is 0 Å². The first-order valence-electron chi connectivity index (χ1n) is 15.2. The molecule has 0 saturated heterocycles. The van der Waals surface area contributed by atoms with Gasteiger partial charge in [0.1, 0.15) is 0 Å². The maximum Gasteiger partial charge on any atom is 0.308 e. The molecule has 0 radical (unpaired) electrons. The molecule has 1 fully saturated rings. The third kappa shape index (κ3) is 11.1. The Morgan fingerprint density at radius 2 is 1.73 bits per heavy atom. The second kappa shape index (κ2) is 17.6. The molecule has 1 amide bonds. The number of aliphatic hydroxyl groups is 1. The lowest BCUT2D eigenvalue weighted by atomic mass is 9.80. The predicted molar refractivity (Wildman–Crippen MR) is 160 cm³/mol. The number of hydrogen-bond acceptors (Lipinski definition) is 7. The van der Waals surface area contributed by atoms with Crippen molar-refractivity contribution < 1.29 is 34.0 Å². The topological polar surface area (TPSA) is 140 Å². The number of amides is 1. The Kier molecular flexibility index (Phi) is 14.9. The number of carboxylic acids is 1. The lowest BCUT2D eigenvalue weighted by molar-refractivity contribution is -0.144. The van der Waals surface area contributed by atoms with Crippen LogP contribution in [0.1, 0.15) is 78.2 Å². The van der Waals surface area contributed by atoms with Crippen LogP contribution < -0.4 is 20.5 Å². The summed E-state index contributed by atoms with van der Waals surface area (Å²) in [6.07, 6.45) is 4.54. The van der Waals surface area contributed by atoms with Crippen molar-refractivity contribution in [2.24, 2.45) is 35.3 Å². The highest BCUT2D eigenvalue weighted by atomic mass is 16.5. The zero-order chi connectivity index (χ0) is 30.5. The molecule has 5 N–H and O–H groups in total. The molecule has 1 aromatic carbocycles. The van der Waals surface area contributed by atoms with E-state index in [4.69, 9.17) is 19.9 Å². The van der Waals surface area contributed by atoms with Gasteiger partial charge in [0.05, 0.1) is 25.7 Å². The third-order valence-corrected chi connectivity index (χ3v) is 8.54. The summed E-state index contributed by atoms with van der Waals surface area (Å²) in [5.74, 6) is -0.184. The van der Waals surface area contributed by atoms with Gasteiger partial charge in [-0.1, -0.05) is 46.6 Å². The second-order valence-corrected chi connectivity index (χ2v) is 12.3. The number of carbonyl (C=O) groups is 2. The van der Waals surface area contributed by atoms with E-state index in [0.29, 0.717) is 49.9 Å². The van der Waals surface area contributed by atoms with Gasteiger partial charge in [-0.3, -0.25) is 9.59 Å². The van der Waals surface area contributed by atoms with E-state index >= 15 is 0 Å². The molecule has 0 aliphatic heterocycles. The number of hydrogen-bond donors (Lipinski definition) is 4. The van der Waals surface area contributed by atoms with Gasteiger partial charge in [-0.25, -0.2) is 0 Å². The van der Waals surface area contributed by atoms with Crippen LogP contribution in [0.5, 0.6) is 11.5 Å². The van der Waals surface area contributed by atoms with E-state index in [1.807, 2.05) is 32.0 Å². The summed E-state index contributed by atoms with van der Waals surface area (Å²) in [4.78, 5) is 25.0. The Morgan fingerprint density at radius 1 is 1.02 bits per heavy atom. The van der Waals surface area contributed by atoms with Crippen molar-refractivity contribution in [2.45, 2.75) is 97.2 Å². The average Bonchev–Trinajstić information content (AvgIpc) is 2.93.